The topological polar surface area (TPSA) is 81.9 Å². The first-order chi connectivity index (χ1) is 8.49. The number of nitrogens with two attached hydrogens (primary N) is 1. The van der Waals surface area contributed by atoms with Crippen LogP contribution in [0.4, 0.5) is 0 Å². The zero-order chi connectivity index (χ0) is 13.3. The van der Waals surface area contributed by atoms with Gasteiger partial charge in [-0.05, 0) is 30.2 Å². The number of ether oxygens (including phenoxy) is 2. The number of rotatable bonds is 2. The van der Waals surface area contributed by atoms with Crippen LogP contribution in [0.25, 0.3) is 0 Å². The molecule has 1 heterocycles. The smallest absolute Gasteiger partial charge is 0.311 e. The van der Waals surface area contributed by atoms with Crippen LogP contribution >= 0.6 is 0 Å². The van der Waals surface area contributed by atoms with Crippen LogP contribution in [0.3, 0.4) is 0 Å². The monoisotopic (exact) mass is 250 g/mol. The van der Waals surface area contributed by atoms with Gasteiger partial charge in [-0.25, -0.2) is 0 Å². The Morgan fingerprint density at radius 2 is 1.94 bits per heavy atom. The molecule has 0 atom stereocenters. The van der Waals surface area contributed by atoms with Crippen LogP contribution < -0.4 is 15.2 Å². The van der Waals surface area contributed by atoms with Gasteiger partial charge in [-0.2, -0.15) is 0 Å². The molecule has 0 unspecified atom stereocenters. The zero-order valence-corrected chi connectivity index (χ0v) is 10.2. The van der Waals surface area contributed by atoms with Gasteiger partial charge in [0.15, 0.2) is 11.5 Å². The summed E-state index contributed by atoms with van der Waals surface area (Å²) >= 11 is 0. The van der Waals surface area contributed by atoms with E-state index in [0.29, 0.717) is 18.0 Å². The van der Waals surface area contributed by atoms with E-state index in [1.54, 1.807) is 0 Å². The molecule has 0 saturated heterocycles. The number of fused-ring (bicyclic) bond motifs is 1. The highest BCUT2D eigenvalue weighted by molar-refractivity contribution is 6.34. The minimum Gasteiger partial charge on any atom is -0.454 e. The van der Waals surface area contributed by atoms with E-state index in [9.17, 15) is 9.59 Å². The normalized spacial score (nSPS) is 12.3. The number of likely N-dealkylation sites (N-methyl/N-ethyl adjacent to an activating group) is 1. The highest BCUT2D eigenvalue weighted by Crippen LogP contribution is 2.34. The van der Waals surface area contributed by atoms with Crippen molar-refractivity contribution in [1.29, 1.82) is 0 Å². The molecular formula is C12H14N2O4. The molecule has 2 rings (SSSR count). The summed E-state index contributed by atoms with van der Waals surface area (Å²) in [6.45, 7) is 2.40. The molecule has 6 heteroatoms. The highest BCUT2D eigenvalue weighted by atomic mass is 16.7. The molecule has 1 aliphatic rings. The maximum Gasteiger partial charge on any atom is 0.311 e. The lowest BCUT2D eigenvalue weighted by molar-refractivity contribution is -0.143. The number of hydrogen-bond donors (Lipinski definition) is 1. The molecule has 0 bridgehead atoms. The lowest BCUT2D eigenvalue weighted by Gasteiger charge is -2.17. The summed E-state index contributed by atoms with van der Waals surface area (Å²) in [5.41, 5.74) is 6.79. The minimum absolute atomic E-state index is 0.203. The van der Waals surface area contributed by atoms with Crippen LogP contribution in [0, 0.1) is 6.92 Å². The van der Waals surface area contributed by atoms with Crippen molar-refractivity contribution in [3.05, 3.63) is 23.3 Å². The minimum atomic E-state index is -0.962. The quantitative estimate of drug-likeness (QED) is 0.758. The number of amides is 2. The molecule has 2 amide bonds. The Morgan fingerprint density at radius 3 is 2.56 bits per heavy atom. The standard InChI is InChI=1S/C12H14N2O4/c1-7-3-9-10(18-6-17-9)4-8(7)5-14(2)12(16)11(13)15/h3-4H,5-6H2,1-2H3,(H2,13,15). The van der Waals surface area contributed by atoms with Crippen molar-refractivity contribution in [3.8, 4) is 11.5 Å². The Hall–Kier alpha value is -2.24. The summed E-state index contributed by atoms with van der Waals surface area (Å²) in [4.78, 5) is 23.4. The van der Waals surface area contributed by atoms with E-state index >= 15 is 0 Å². The van der Waals surface area contributed by atoms with Crippen molar-refractivity contribution in [2.24, 2.45) is 5.73 Å². The van der Waals surface area contributed by atoms with Gasteiger partial charge in [-0.15, -0.1) is 0 Å². The third-order valence-corrected chi connectivity index (χ3v) is 2.80. The molecular weight excluding hydrogens is 236 g/mol. The lowest BCUT2D eigenvalue weighted by Crippen LogP contribution is -2.37. The van der Waals surface area contributed by atoms with Gasteiger partial charge < -0.3 is 20.1 Å². The number of carbonyl (C=O) groups excluding carboxylic acids is 2. The maximum atomic E-state index is 11.4. The Labute approximate surface area is 104 Å². The van der Waals surface area contributed by atoms with E-state index in [2.05, 4.69) is 0 Å². The molecule has 18 heavy (non-hydrogen) atoms. The zero-order valence-electron chi connectivity index (χ0n) is 10.2. The Kier molecular flexibility index (Phi) is 3.10. The van der Waals surface area contributed by atoms with E-state index in [0.717, 1.165) is 11.1 Å². The molecule has 2 N–H and O–H groups in total. The SMILES string of the molecule is Cc1cc2c(cc1CN(C)C(=O)C(N)=O)OCO2. The van der Waals surface area contributed by atoms with Crippen molar-refractivity contribution >= 4 is 11.8 Å². The largest absolute Gasteiger partial charge is 0.454 e. The number of nitrogens with zero attached hydrogens (tertiary/aromatic N) is 1. The Balaban J connectivity index is 2.19. The molecule has 6 nitrogen and oxygen atoms in total. The van der Waals surface area contributed by atoms with Gasteiger partial charge in [0.2, 0.25) is 6.79 Å². The van der Waals surface area contributed by atoms with Gasteiger partial charge in [-0.1, -0.05) is 0 Å². The fourth-order valence-electron chi connectivity index (χ4n) is 1.77. The average molecular weight is 250 g/mol. The summed E-state index contributed by atoms with van der Waals surface area (Å²) in [5, 5.41) is 0. The molecule has 96 valence electrons. The summed E-state index contributed by atoms with van der Waals surface area (Å²) in [5.74, 6) is -0.335. The predicted octanol–water partition coefficient (Wildman–Crippen LogP) is 0.167. The van der Waals surface area contributed by atoms with E-state index in [1.807, 2.05) is 19.1 Å². The second-order valence-corrected chi connectivity index (χ2v) is 4.16. The fourth-order valence-corrected chi connectivity index (χ4v) is 1.77. The Bertz CT molecular complexity index is 513. The van der Waals surface area contributed by atoms with Crippen molar-refractivity contribution in [2.45, 2.75) is 13.5 Å². The number of carbonyl (C=O) groups is 2. The first-order valence-corrected chi connectivity index (χ1v) is 5.43. The number of aryl methyl sites for hydroxylation is 1. The van der Waals surface area contributed by atoms with Crippen LogP contribution in [0.2, 0.25) is 0 Å². The molecule has 1 aromatic rings. The van der Waals surface area contributed by atoms with Crippen LogP contribution in [0.1, 0.15) is 11.1 Å². The number of hydrogen-bond acceptors (Lipinski definition) is 4. The van der Waals surface area contributed by atoms with Crippen molar-refractivity contribution in [3.63, 3.8) is 0 Å². The summed E-state index contributed by atoms with van der Waals surface area (Å²) in [6.07, 6.45) is 0. The van der Waals surface area contributed by atoms with Crippen LogP contribution in [0.5, 0.6) is 11.5 Å². The number of benzene rings is 1. The van der Waals surface area contributed by atoms with E-state index < -0.39 is 11.8 Å². The van der Waals surface area contributed by atoms with Gasteiger partial charge in [0.05, 0.1) is 0 Å². The molecule has 1 aliphatic heterocycles. The summed E-state index contributed by atoms with van der Waals surface area (Å²) in [7, 11) is 1.52. The van der Waals surface area contributed by atoms with Crippen LogP contribution in [-0.4, -0.2) is 30.6 Å². The van der Waals surface area contributed by atoms with Crippen molar-refractivity contribution < 1.29 is 19.1 Å². The number of primary amides is 1. The van der Waals surface area contributed by atoms with Crippen molar-refractivity contribution in [1.82, 2.24) is 4.90 Å². The molecule has 0 aromatic heterocycles. The average Bonchev–Trinajstić information content (AvgIpc) is 2.75. The van der Waals surface area contributed by atoms with Gasteiger partial charge >= 0.3 is 11.8 Å². The second-order valence-electron chi connectivity index (χ2n) is 4.16. The van der Waals surface area contributed by atoms with E-state index in [4.69, 9.17) is 15.2 Å². The third kappa shape index (κ3) is 2.22. The first kappa shape index (κ1) is 12.2. The van der Waals surface area contributed by atoms with Gasteiger partial charge in [0.1, 0.15) is 0 Å². The fraction of sp³-hybridized carbons (Fsp3) is 0.333. The van der Waals surface area contributed by atoms with Crippen LogP contribution in [0.15, 0.2) is 12.1 Å². The molecule has 0 saturated carbocycles. The van der Waals surface area contributed by atoms with E-state index in [-0.39, 0.29) is 6.79 Å². The van der Waals surface area contributed by atoms with E-state index in [1.165, 1.54) is 11.9 Å². The second kappa shape index (κ2) is 4.56. The summed E-state index contributed by atoms with van der Waals surface area (Å²) < 4.78 is 10.5. The lowest BCUT2D eigenvalue weighted by atomic mass is 10.1. The third-order valence-electron chi connectivity index (χ3n) is 2.80. The first-order valence-electron chi connectivity index (χ1n) is 5.43. The van der Waals surface area contributed by atoms with Gasteiger partial charge in [0.25, 0.3) is 0 Å². The molecule has 1 aromatic carbocycles. The van der Waals surface area contributed by atoms with Gasteiger partial charge in [-0.3, -0.25) is 9.59 Å². The molecule has 0 spiro atoms. The molecule has 0 aliphatic carbocycles. The predicted molar refractivity (Wildman–Crippen MR) is 63.0 cm³/mol. The highest BCUT2D eigenvalue weighted by Gasteiger charge is 2.19. The maximum absolute atomic E-state index is 11.4. The van der Waals surface area contributed by atoms with Crippen LogP contribution in [-0.2, 0) is 16.1 Å². The van der Waals surface area contributed by atoms with Crippen molar-refractivity contribution in [2.75, 3.05) is 13.8 Å². The van der Waals surface area contributed by atoms with Gasteiger partial charge in [0, 0.05) is 13.6 Å². The molecule has 0 fully saturated rings. The Morgan fingerprint density at radius 1 is 1.33 bits per heavy atom. The summed E-state index contributed by atoms with van der Waals surface area (Å²) in [6, 6.07) is 3.66. The molecule has 0 radical (unpaired) electrons.